The van der Waals surface area contributed by atoms with E-state index >= 15 is 0 Å². The highest BCUT2D eigenvalue weighted by Gasteiger charge is 2.51. The molecule has 0 aromatic heterocycles. The van der Waals surface area contributed by atoms with Crippen LogP contribution in [0.5, 0.6) is 0 Å². The second-order valence-electron chi connectivity index (χ2n) is 6.18. The molecule has 0 amide bonds. The van der Waals surface area contributed by atoms with Gasteiger partial charge in [0.15, 0.2) is 18.5 Å². The van der Waals surface area contributed by atoms with Crippen molar-refractivity contribution in [2.75, 3.05) is 6.61 Å². The van der Waals surface area contributed by atoms with E-state index in [-0.39, 0.29) is 6.61 Å². The summed E-state index contributed by atoms with van der Waals surface area (Å²) in [6, 6.07) is 7.85. The van der Waals surface area contributed by atoms with Crippen LogP contribution < -0.4 is 0 Å². The van der Waals surface area contributed by atoms with Crippen molar-refractivity contribution in [1.82, 2.24) is 0 Å². The first kappa shape index (κ1) is 23.5. The van der Waals surface area contributed by atoms with Crippen molar-refractivity contribution < 1.29 is 37.5 Å². The van der Waals surface area contributed by atoms with Crippen LogP contribution in [-0.4, -0.2) is 55.2 Å². The maximum atomic E-state index is 11.7. The first-order valence-electron chi connectivity index (χ1n) is 8.87. The molecule has 2 rings (SSSR count). The third kappa shape index (κ3) is 6.92. The molecule has 12 heteroatoms. The van der Waals surface area contributed by atoms with Gasteiger partial charge in [-0.3, -0.25) is 18.6 Å². The van der Waals surface area contributed by atoms with Crippen LogP contribution >= 0.6 is 12.0 Å². The van der Waals surface area contributed by atoms with Crippen molar-refractivity contribution in [2.24, 2.45) is 5.11 Å². The van der Waals surface area contributed by atoms with Gasteiger partial charge < -0.3 is 18.9 Å². The summed E-state index contributed by atoms with van der Waals surface area (Å²) in [6.07, 6.45) is -4.64. The molecule has 1 aliphatic rings. The van der Waals surface area contributed by atoms with Gasteiger partial charge in [-0.1, -0.05) is 23.3 Å². The average Bonchev–Trinajstić information content (AvgIpc) is 2.68. The molecule has 162 valence electrons. The summed E-state index contributed by atoms with van der Waals surface area (Å²) in [4.78, 5) is 38.1. The Morgan fingerprint density at radius 1 is 1.07 bits per heavy atom. The Hall–Kier alpha value is -2.79. The Bertz CT molecular complexity index is 802. The van der Waals surface area contributed by atoms with E-state index in [0.717, 1.165) is 30.8 Å². The van der Waals surface area contributed by atoms with Gasteiger partial charge in [0.25, 0.3) is 0 Å². The minimum absolute atomic E-state index is 0.302. The molecule has 1 fully saturated rings. The number of carbonyl (C=O) groups excluding carboxylic acids is 3. The third-order valence-corrected chi connectivity index (χ3v) is 4.59. The predicted octanol–water partition coefficient (Wildman–Crippen LogP) is 2.54. The lowest BCUT2D eigenvalue weighted by Gasteiger charge is -2.42. The molecule has 0 radical (unpaired) electrons. The number of hydrogen-bond acceptors (Lipinski definition) is 10. The van der Waals surface area contributed by atoms with Gasteiger partial charge in [0.1, 0.15) is 18.8 Å². The zero-order chi connectivity index (χ0) is 22.1. The normalized spacial score (nSPS) is 25.5. The summed E-state index contributed by atoms with van der Waals surface area (Å²) in [5, 5.41) is 3.64. The van der Waals surface area contributed by atoms with Crippen LogP contribution in [0.1, 0.15) is 20.8 Å². The van der Waals surface area contributed by atoms with E-state index in [1.165, 1.54) is 6.92 Å². The molecule has 0 bridgehead atoms. The Labute approximate surface area is 176 Å². The molecule has 11 nitrogen and oxygen atoms in total. The number of nitrogens with zero attached hydrogens (tertiary/aromatic N) is 3. The second-order valence-corrected chi connectivity index (χ2v) is 7.01. The van der Waals surface area contributed by atoms with Gasteiger partial charge >= 0.3 is 17.9 Å². The van der Waals surface area contributed by atoms with Gasteiger partial charge in [0.05, 0.1) is 0 Å². The van der Waals surface area contributed by atoms with E-state index in [1.807, 2.05) is 6.07 Å². The number of esters is 3. The van der Waals surface area contributed by atoms with Crippen LogP contribution in [0.25, 0.3) is 10.4 Å². The molecule has 1 heterocycles. The van der Waals surface area contributed by atoms with Crippen molar-refractivity contribution in [2.45, 2.75) is 56.3 Å². The molecule has 0 spiro atoms. The largest absolute Gasteiger partial charge is 0.463 e. The van der Waals surface area contributed by atoms with E-state index in [4.69, 9.17) is 28.7 Å². The quantitative estimate of drug-likeness (QED) is 0.149. The van der Waals surface area contributed by atoms with Crippen LogP contribution in [0.15, 0.2) is 40.3 Å². The molecule has 1 unspecified atom stereocenters. The van der Waals surface area contributed by atoms with Crippen LogP contribution in [0.2, 0.25) is 0 Å². The molecule has 1 aliphatic heterocycles. The highest BCUT2D eigenvalue weighted by atomic mass is 32.2. The molecular formula is C18H21N3O8S. The number of azide groups is 1. The van der Waals surface area contributed by atoms with Gasteiger partial charge in [-0.05, 0) is 17.7 Å². The SMILES string of the molecule is CC(=O)OC[C@H]1OC(OSc2ccccc2)[C@H](N=[N+]=[N-])[C@@H](OC(C)=O)[C@@H]1OC(C)=O. The summed E-state index contributed by atoms with van der Waals surface area (Å²) < 4.78 is 27.0. The first-order chi connectivity index (χ1) is 14.3. The van der Waals surface area contributed by atoms with Crippen LogP contribution in [0.4, 0.5) is 0 Å². The molecule has 0 saturated carbocycles. The number of rotatable bonds is 8. The zero-order valence-electron chi connectivity index (χ0n) is 16.5. The van der Waals surface area contributed by atoms with Crippen LogP contribution in [0, 0.1) is 0 Å². The lowest BCUT2D eigenvalue weighted by molar-refractivity contribution is -0.250. The highest BCUT2D eigenvalue weighted by molar-refractivity contribution is 7.94. The molecule has 1 aromatic rings. The summed E-state index contributed by atoms with van der Waals surface area (Å²) in [5.41, 5.74) is 9.01. The lowest BCUT2D eigenvalue weighted by atomic mass is 9.97. The number of carbonyl (C=O) groups is 3. The van der Waals surface area contributed by atoms with Gasteiger partial charge in [-0.2, -0.15) is 0 Å². The van der Waals surface area contributed by atoms with E-state index in [0.29, 0.717) is 0 Å². The van der Waals surface area contributed by atoms with Crippen molar-refractivity contribution in [3.8, 4) is 0 Å². The van der Waals surface area contributed by atoms with Crippen molar-refractivity contribution in [3.05, 3.63) is 40.8 Å². The van der Waals surface area contributed by atoms with Gasteiger partial charge in [0.2, 0.25) is 0 Å². The molecule has 0 N–H and O–H groups in total. The standard InChI is InChI=1S/C18H21N3O8S/c1-10(22)25-9-14-16(26-11(2)23)17(27-12(3)24)15(20-21-19)18(28-14)29-30-13-7-5-4-6-8-13/h4-8,14-18H,9H2,1-3H3/t14-,15-,16-,17-,18?/m1/s1. The summed E-state index contributed by atoms with van der Waals surface area (Å²) in [6.45, 7) is 3.21. The fourth-order valence-electron chi connectivity index (χ4n) is 2.73. The van der Waals surface area contributed by atoms with Gasteiger partial charge in [0, 0.05) is 42.6 Å². The maximum absolute atomic E-state index is 11.7. The topological polar surface area (TPSA) is 146 Å². The van der Waals surface area contributed by atoms with E-state index in [2.05, 4.69) is 10.0 Å². The Morgan fingerprint density at radius 2 is 1.70 bits per heavy atom. The third-order valence-electron chi connectivity index (χ3n) is 3.84. The van der Waals surface area contributed by atoms with Crippen LogP contribution in [-0.2, 0) is 37.5 Å². The Balaban J connectivity index is 2.33. The minimum atomic E-state index is -1.22. The minimum Gasteiger partial charge on any atom is -0.463 e. The predicted molar refractivity (Wildman–Crippen MR) is 103 cm³/mol. The summed E-state index contributed by atoms with van der Waals surface area (Å²) >= 11 is 0.955. The number of ether oxygens (including phenoxy) is 4. The summed E-state index contributed by atoms with van der Waals surface area (Å²) in [5.74, 6) is -1.97. The number of hydrogen-bond donors (Lipinski definition) is 0. The van der Waals surface area contributed by atoms with Crippen molar-refractivity contribution in [1.29, 1.82) is 0 Å². The van der Waals surface area contributed by atoms with E-state index in [1.54, 1.807) is 24.3 Å². The Kier molecular flexibility index (Phi) is 8.93. The highest BCUT2D eigenvalue weighted by Crippen LogP contribution is 2.33. The second kappa shape index (κ2) is 11.4. The van der Waals surface area contributed by atoms with Crippen molar-refractivity contribution in [3.63, 3.8) is 0 Å². The van der Waals surface area contributed by atoms with E-state index < -0.39 is 48.6 Å². The molecule has 30 heavy (non-hydrogen) atoms. The fraction of sp³-hybridized carbons (Fsp3) is 0.500. The molecular weight excluding hydrogens is 418 g/mol. The van der Waals surface area contributed by atoms with Crippen LogP contribution in [0.3, 0.4) is 0 Å². The van der Waals surface area contributed by atoms with Gasteiger partial charge in [-0.25, -0.2) is 0 Å². The average molecular weight is 439 g/mol. The summed E-state index contributed by atoms with van der Waals surface area (Å²) in [7, 11) is 0. The number of benzene rings is 1. The fourth-order valence-corrected chi connectivity index (χ4v) is 3.36. The van der Waals surface area contributed by atoms with Crippen molar-refractivity contribution >= 4 is 30.0 Å². The monoisotopic (exact) mass is 439 g/mol. The Morgan fingerprint density at radius 3 is 2.27 bits per heavy atom. The molecule has 0 aliphatic carbocycles. The molecule has 1 saturated heterocycles. The van der Waals surface area contributed by atoms with Gasteiger partial charge in [-0.15, -0.1) is 0 Å². The van der Waals surface area contributed by atoms with E-state index in [9.17, 15) is 14.4 Å². The molecule has 1 aromatic carbocycles. The smallest absolute Gasteiger partial charge is 0.303 e. The lowest BCUT2D eigenvalue weighted by Crippen LogP contribution is -2.60. The zero-order valence-corrected chi connectivity index (χ0v) is 17.3. The molecule has 5 atom stereocenters. The maximum Gasteiger partial charge on any atom is 0.303 e. The first-order valence-corrected chi connectivity index (χ1v) is 9.61.